The van der Waals surface area contributed by atoms with E-state index in [1.807, 2.05) is 0 Å². The van der Waals surface area contributed by atoms with Crippen molar-refractivity contribution < 1.29 is 10.0 Å². The van der Waals surface area contributed by atoms with Gasteiger partial charge in [0.1, 0.15) is 11.9 Å². The summed E-state index contributed by atoms with van der Waals surface area (Å²) in [5, 5.41) is 25.2. The molecular weight excluding hydrogens is 198 g/mol. The number of hydrogen-bond donors (Lipinski definition) is 3. The molecular formula is C9H13N3O3. The van der Waals surface area contributed by atoms with Crippen molar-refractivity contribution >= 4 is 17.1 Å². The summed E-state index contributed by atoms with van der Waals surface area (Å²) in [7, 11) is 1.62. The fourth-order valence-corrected chi connectivity index (χ4v) is 1.23. The van der Waals surface area contributed by atoms with Gasteiger partial charge in [-0.25, -0.2) is 0 Å². The van der Waals surface area contributed by atoms with Gasteiger partial charge in [0.15, 0.2) is 0 Å². The quantitative estimate of drug-likeness (QED) is 0.398. The lowest BCUT2D eigenvalue weighted by molar-refractivity contribution is -0.383. The molecule has 0 saturated carbocycles. The van der Waals surface area contributed by atoms with Crippen molar-refractivity contribution in [1.29, 1.82) is 0 Å². The lowest BCUT2D eigenvalue weighted by Crippen LogP contribution is -2.13. The Kier molecular flexibility index (Phi) is 3.46. The first-order valence-electron chi connectivity index (χ1n) is 4.45. The fourth-order valence-electron chi connectivity index (χ4n) is 1.23. The summed E-state index contributed by atoms with van der Waals surface area (Å²) in [6.07, 6.45) is -0.745. The maximum Gasteiger partial charge on any atom is 0.294 e. The van der Waals surface area contributed by atoms with E-state index in [0.29, 0.717) is 11.4 Å². The van der Waals surface area contributed by atoms with E-state index in [2.05, 4.69) is 10.6 Å². The molecule has 0 fully saturated rings. The van der Waals surface area contributed by atoms with Crippen LogP contribution < -0.4 is 10.6 Å². The van der Waals surface area contributed by atoms with Crippen molar-refractivity contribution in [1.82, 2.24) is 0 Å². The number of rotatable bonds is 4. The Bertz CT molecular complexity index is 366. The van der Waals surface area contributed by atoms with Gasteiger partial charge in [-0.05, 0) is 19.1 Å². The summed E-state index contributed by atoms with van der Waals surface area (Å²) >= 11 is 0. The summed E-state index contributed by atoms with van der Waals surface area (Å²) in [5.74, 6) is 0. The Hall–Kier alpha value is -1.82. The molecule has 1 aromatic rings. The van der Waals surface area contributed by atoms with Crippen LogP contribution in [0, 0.1) is 10.1 Å². The highest BCUT2D eigenvalue weighted by molar-refractivity contribution is 5.67. The lowest BCUT2D eigenvalue weighted by atomic mass is 10.2. The number of nitrogens with one attached hydrogen (secondary N) is 2. The Morgan fingerprint density at radius 1 is 1.53 bits per heavy atom. The number of aliphatic hydroxyl groups excluding tert-OH is 1. The summed E-state index contributed by atoms with van der Waals surface area (Å²) in [6.45, 7) is 1.54. The van der Waals surface area contributed by atoms with Crippen LogP contribution in [0.4, 0.5) is 17.1 Å². The minimum atomic E-state index is -0.745. The van der Waals surface area contributed by atoms with Gasteiger partial charge < -0.3 is 15.7 Å². The van der Waals surface area contributed by atoms with Crippen LogP contribution in [-0.4, -0.2) is 23.3 Å². The molecule has 0 spiro atoms. The van der Waals surface area contributed by atoms with Crippen LogP contribution in [-0.2, 0) is 0 Å². The number of hydrogen-bond acceptors (Lipinski definition) is 5. The molecule has 15 heavy (non-hydrogen) atoms. The maximum atomic E-state index is 10.7. The molecule has 0 aliphatic heterocycles. The lowest BCUT2D eigenvalue weighted by Gasteiger charge is -2.10. The van der Waals surface area contributed by atoms with E-state index in [0.717, 1.165) is 0 Å². The first kappa shape index (κ1) is 11.3. The van der Waals surface area contributed by atoms with E-state index in [-0.39, 0.29) is 5.69 Å². The van der Waals surface area contributed by atoms with E-state index in [4.69, 9.17) is 5.11 Å². The molecule has 6 nitrogen and oxygen atoms in total. The van der Waals surface area contributed by atoms with Crippen LogP contribution in [0.1, 0.15) is 6.92 Å². The molecule has 0 radical (unpaired) electrons. The van der Waals surface area contributed by atoms with Gasteiger partial charge in [-0.2, -0.15) is 0 Å². The smallest absolute Gasteiger partial charge is 0.294 e. The third-order valence-corrected chi connectivity index (χ3v) is 1.84. The Labute approximate surface area is 87.1 Å². The Balaban J connectivity index is 3.05. The number of nitro benzene ring substituents is 1. The second-order valence-electron chi connectivity index (χ2n) is 3.06. The molecule has 0 saturated heterocycles. The second-order valence-corrected chi connectivity index (χ2v) is 3.06. The van der Waals surface area contributed by atoms with Gasteiger partial charge in [-0.1, -0.05) is 0 Å². The first-order valence-corrected chi connectivity index (χ1v) is 4.45. The number of anilines is 2. The monoisotopic (exact) mass is 211 g/mol. The number of aliphatic hydroxyl groups is 1. The van der Waals surface area contributed by atoms with Crippen LogP contribution in [0.5, 0.6) is 0 Å². The van der Waals surface area contributed by atoms with Crippen molar-refractivity contribution in [3.05, 3.63) is 28.3 Å². The van der Waals surface area contributed by atoms with Gasteiger partial charge in [0.05, 0.1) is 4.92 Å². The van der Waals surface area contributed by atoms with Gasteiger partial charge >= 0.3 is 0 Å². The predicted octanol–water partition coefficient (Wildman–Crippen LogP) is 1.39. The van der Waals surface area contributed by atoms with Gasteiger partial charge in [0, 0.05) is 18.8 Å². The largest absolute Gasteiger partial charge is 0.383 e. The predicted molar refractivity (Wildman–Crippen MR) is 57.9 cm³/mol. The molecule has 0 aromatic heterocycles. The molecule has 1 atom stereocenters. The molecule has 0 aliphatic carbocycles. The molecule has 0 amide bonds. The van der Waals surface area contributed by atoms with Crippen LogP contribution in [0.2, 0.25) is 0 Å². The molecule has 1 rings (SSSR count). The van der Waals surface area contributed by atoms with Gasteiger partial charge in [-0.15, -0.1) is 0 Å². The Morgan fingerprint density at radius 2 is 2.20 bits per heavy atom. The zero-order valence-corrected chi connectivity index (χ0v) is 8.52. The van der Waals surface area contributed by atoms with Crippen molar-refractivity contribution in [2.75, 3.05) is 17.7 Å². The highest BCUT2D eigenvalue weighted by Crippen LogP contribution is 2.27. The van der Waals surface area contributed by atoms with Crippen molar-refractivity contribution in [2.45, 2.75) is 13.2 Å². The van der Waals surface area contributed by atoms with E-state index < -0.39 is 11.2 Å². The van der Waals surface area contributed by atoms with Gasteiger partial charge in [0.25, 0.3) is 5.69 Å². The highest BCUT2D eigenvalue weighted by Gasteiger charge is 2.13. The van der Waals surface area contributed by atoms with Crippen LogP contribution in [0.15, 0.2) is 18.2 Å². The topological polar surface area (TPSA) is 87.4 Å². The molecule has 0 bridgehead atoms. The van der Waals surface area contributed by atoms with Crippen LogP contribution >= 0.6 is 0 Å². The second kappa shape index (κ2) is 4.61. The normalized spacial score (nSPS) is 11.9. The number of benzene rings is 1. The molecule has 3 N–H and O–H groups in total. The fraction of sp³-hybridized carbons (Fsp3) is 0.333. The molecule has 0 aliphatic rings. The summed E-state index contributed by atoms with van der Waals surface area (Å²) in [4.78, 5) is 10.2. The van der Waals surface area contributed by atoms with Crippen molar-refractivity contribution in [3.8, 4) is 0 Å². The number of nitro groups is 1. The third kappa shape index (κ3) is 2.81. The summed E-state index contributed by atoms with van der Waals surface area (Å²) in [5.41, 5.74) is 0.926. The average molecular weight is 211 g/mol. The zero-order chi connectivity index (χ0) is 11.4. The molecule has 1 unspecified atom stereocenters. The van der Waals surface area contributed by atoms with Crippen molar-refractivity contribution in [2.24, 2.45) is 0 Å². The Morgan fingerprint density at radius 3 is 2.67 bits per heavy atom. The molecule has 1 aromatic carbocycles. The van der Waals surface area contributed by atoms with Gasteiger partial charge in [0.2, 0.25) is 0 Å². The van der Waals surface area contributed by atoms with E-state index in [1.165, 1.54) is 13.0 Å². The first-order chi connectivity index (χ1) is 7.04. The van der Waals surface area contributed by atoms with Crippen LogP contribution in [0.25, 0.3) is 0 Å². The van der Waals surface area contributed by atoms with Crippen molar-refractivity contribution in [3.63, 3.8) is 0 Å². The minimum absolute atomic E-state index is 0.0249. The van der Waals surface area contributed by atoms with Crippen LogP contribution in [0.3, 0.4) is 0 Å². The SMILES string of the molecule is CNc1ccc(NC(C)O)cc1[N+](=O)[O-]. The zero-order valence-electron chi connectivity index (χ0n) is 8.52. The maximum absolute atomic E-state index is 10.7. The number of nitrogens with zero attached hydrogens (tertiary/aromatic N) is 1. The minimum Gasteiger partial charge on any atom is -0.383 e. The standard InChI is InChI=1S/C9H13N3O3/c1-6(13)11-7-3-4-8(10-2)9(5-7)12(14)15/h3-6,10-11,13H,1-2H3. The summed E-state index contributed by atoms with van der Waals surface area (Å²) < 4.78 is 0. The highest BCUT2D eigenvalue weighted by atomic mass is 16.6. The summed E-state index contributed by atoms with van der Waals surface area (Å²) in [6, 6.07) is 4.62. The van der Waals surface area contributed by atoms with Gasteiger partial charge in [-0.3, -0.25) is 10.1 Å². The molecule has 82 valence electrons. The van der Waals surface area contributed by atoms with E-state index >= 15 is 0 Å². The third-order valence-electron chi connectivity index (χ3n) is 1.84. The average Bonchev–Trinajstić information content (AvgIpc) is 2.16. The van der Waals surface area contributed by atoms with E-state index in [9.17, 15) is 10.1 Å². The van der Waals surface area contributed by atoms with E-state index in [1.54, 1.807) is 19.2 Å². The molecule has 0 heterocycles. The molecule has 6 heteroatoms.